The molecule has 2 aromatic rings. The summed E-state index contributed by atoms with van der Waals surface area (Å²) in [5, 5.41) is 9.75. The average Bonchev–Trinajstić information content (AvgIpc) is 2.37. The molecule has 0 heterocycles. The number of carbonyl (C=O) groups excluding carboxylic acids is 1. The quantitative estimate of drug-likeness (QED) is 0.854. The number of phenols is 1. The highest BCUT2D eigenvalue weighted by atomic mass is 35.5. The predicted octanol–water partition coefficient (Wildman–Crippen LogP) is 3.64. The van der Waals surface area contributed by atoms with Crippen LogP contribution < -0.4 is 0 Å². The van der Waals surface area contributed by atoms with Gasteiger partial charge in [0.2, 0.25) is 0 Å². The number of methoxy groups -OCH3 is 1. The van der Waals surface area contributed by atoms with Crippen molar-refractivity contribution in [2.75, 3.05) is 7.11 Å². The van der Waals surface area contributed by atoms with Gasteiger partial charge in [-0.15, -0.1) is 0 Å². The Bertz CT molecular complexity index is 620. The first-order valence-corrected chi connectivity index (χ1v) is 5.77. The van der Waals surface area contributed by atoms with Crippen molar-refractivity contribution >= 4 is 17.6 Å². The predicted molar refractivity (Wildman–Crippen MR) is 69.9 cm³/mol. The number of ether oxygens (including phenoxy) is 1. The van der Waals surface area contributed by atoms with Crippen LogP contribution in [-0.2, 0) is 4.74 Å². The third-order valence-corrected chi connectivity index (χ3v) is 2.80. The van der Waals surface area contributed by atoms with Crippen molar-refractivity contribution in [1.29, 1.82) is 0 Å². The van der Waals surface area contributed by atoms with Crippen LogP contribution in [0.5, 0.6) is 5.75 Å². The number of halogens is 2. The Kier molecular flexibility index (Phi) is 3.71. The molecule has 0 aromatic heterocycles. The fraction of sp³-hybridized carbons (Fsp3) is 0.0714. The summed E-state index contributed by atoms with van der Waals surface area (Å²) in [5.74, 6) is -1.16. The second-order valence-corrected chi connectivity index (χ2v) is 4.32. The number of esters is 1. The summed E-state index contributed by atoms with van der Waals surface area (Å²) >= 11 is 5.81. The van der Waals surface area contributed by atoms with E-state index in [0.717, 1.165) is 0 Å². The van der Waals surface area contributed by atoms with Crippen molar-refractivity contribution in [3.8, 4) is 16.9 Å². The lowest BCUT2D eigenvalue weighted by atomic mass is 10.0. The maximum absolute atomic E-state index is 13.8. The molecule has 0 amide bonds. The normalized spacial score (nSPS) is 10.3. The van der Waals surface area contributed by atoms with Gasteiger partial charge in [-0.05, 0) is 42.0 Å². The largest absolute Gasteiger partial charge is 0.508 e. The molecule has 0 radical (unpaired) electrons. The maximum Gasteiger partial charge on any atom is 0.337 e. The number of hydrogen-bond donors (Lipinski definition) is 1. The summed E-state index contributed by atoms with van der Waals surface area (Å²) < 4.78 is 18.4. The number of hydrogen-bond acceptors (Lipinski definition) is 3. The second kappa shape index (κ2) is 5.28. The molecule has 1 N–H and O–H groups in total. The molecule has 0 aliphatic rings. The molecular weight excluding hydrogens is 271 g/mol. The summed E-state index contributed by atoms with van der Waals surface area (Å²) in [5.41, 5.74) is 0.771. The Morgan fingerprint density at radius 2 is 2.00 bits per heavy atom. The SMILES string of the molecule is COC(=O)c1ccc(F)c(-c2cc(O)cc(Cl)c2)c1. The highest BCUT2D eigenvalue weighted by molar-refractivity contribution is 6.31. The highest BCUT2D eigenvalue weighted by Gasteiger charge is 2.12. The topological polar surface area (TPSA) is 46.5 Å². The summed E-state index contributed by atoms with van der Waals surface area (Å²) in [6.45, 7) is 0. The van der Waals surface area contributed by atoms with Gasteiger partial charge in [-0.3, -0.25) is 0 Å². The second-order valence-electron chi connectivity index (χ2n) is 3.88. The van der Waals surface area contributed by atoms with E-state index in [1.807, 2.05) is 0 Å². The van der Waals surface area contributed by atoms with Gasteiger partial charge >= 0.3 is 5.97 Å². The Labute approximate surface area is 114 Å². The minimum atomic E-state index is -0.563. The molecule has 0 saturated carbocycles. The van der Waals surface area contributed by atoms with Crippen LogP contribution in [0.2, 0.25) is 5.02 Å². The minimum Gasteiger partial charge on any atom is -0.508 e. The Morgan fingerprint density at radius 1 is 1.26 bits per heavy atom. The summed E-state index contributed by atoms with van der Waals surface area (Å²) in [6.07, 6.45) is 0. The third kappa shape index (κ3) is 2.85. The van der Waals surface area contributed by atoms with Crippen LogP contribution >= 0.6 is 11.6 Å². The minimum absolute atomic E-state index is 0.0784. The van der Waals surface area contributed by atoms with E-state index < -0.39 is 11.8 Å². The van der Waals surface area contributed by atoms with Crippen LogP contribution in [0.1, 0.15) is 10.4 Å². The van der Waals surface area contributed by atoms with Crippen LogP contribution in [0, 0.1) is 5.82 Å². The van der Waals surface area contributed by atoms with Crippen molar-refractivity contribution in [2.24, 2.45) is 0 Å². The van der Waals surface area contributed by atoms with Crippen LogP contribution in [0.4, 0.5) is 4.39 Å². The van der Waals surface area contributed by atoms with Crippen molar-refractivity contribution in [1.82, 2.24) is 0 Å². The smallest absolute Gasteiger partial charge is 0.337 e. The first kappa shape index (κ1) is 13.4. The molecule has 2 rings (SSSR count). The van der Waals surface area contributed by atoms with E-state index in [1.54, 1.807) is 0 Å². The lowest BCUT2D eigenvalue weighted by Gasteiger charge is -2.07. The van der Waals surface area contributed by atoms with Gasteiger partial charge < -0.3 is 9.84 Å². The molecule has 0 unspecified atom stereocenters. The maximum atomic E-state index is 13.8. The molecular formula is C14H10ClFO3. The van der Waals surface area contributed by atoms with E-state index in [4.69, 9.17) is 11.6 Å². The molecule has 0 aliphatic heterocycles. The van der Waals surface area contributed by atoms with Crippen LogP contribution in [0.3, 0.4) is 0 Å². The zero-order valence-corrected chi connectivity index (χ0v) is 10.7. The van der Waals surface area contributed by atoms with Gasteiger partial charge in [0.1, 0.15) is 11.6 Å². The van der Waals surface area contributed by atoms with Gasteiger partial charge in [0, 0.05) is 10.6 Å². The van der Waals surface area contributed by atoms with Gasteiger partial charge in [-0.2, -0.15) is 0 Å². The molecule has 2 aromatic carbocycles. The molecule has 3 nitrogen and oxygen atoms in total. The Hall–Kier alpha value is -2.07. The molecule has 98 valence electrons. The third-order valence-electron chi connectivity index (χ3n) is 2.58. The molecule has 0 bridgehead atoms. The lowest BCUT2D eigenvalue weighted by Crippen LogP contribution is -2.01. The number of phenolic OH excluding ortho intramolecular Hbond substituents is 1. The van der Waals surface area contributed by atoms with Gasteiger partial charge in [0.15, 0.2) is 0 Å². The van der Waals surface area contributed by atoms with Gasteiger partial charge in [0.05, 0.1) is 12.7 Å². The molecule has 0 fully saturated rings. The molecule has 0 spiro atoms. The average molecular weight is 281 g/mol. The molecule has 19 heavy (non-hydrogen) atoms. The standard InChI is InChI=1S/C14H10ClFO3/c1-19-14(18)8-2-3-13(16)12(6-8)9-4-10(15)7-11(17)5-9/h2-7,17H,1H3. The Balaban J connectivity index is 2.57. The van der Waals surface area contributed by atoms with E-state index in [-0.39, 0.29) is 21.9 Å². The van der Waals surface area contributed by atoms with E-state index in [2.05, 4.69) is 4.74 Å². The number of benzene rings is 2. The lowest BCUT2D eigenvalue weighted by molar-refractivity contribution is 0.0600. The van der Waals surface area contributed by atoms with E-state index in [9.17, 15) is 14.3 Å². The van der Waals surface area contributed by atoms with E-state index >= 15 is 0 Å². The van der Waals surface area contributed by atoms with Crippen LogP contribution in [0.15, 0.2) is 36.4 Å². The van der Waals surface area contributed by atoms with Crippen molar-refractivity contribution < 1.29 is 19.0 Å². The number of carbonyl (C=O) groups is 1. The first-order chi connectivity index (χ1) is 9.01. The van der Waals surface area contributed by atoms with Crippen LogP contribution in [0.25, 0.3) is 11.1 Å². The monoisotopic (exact) mass is 280 g/mol. The van der Waals surface area contributed by atoms with Gasteiger partial charge in [-0.1, -0.05) is 11.6 Å². The van der Waals surface area contributed by atoms with E-state index in [1.165, 1.54) is 43.5 Å². The fourth-order valence-corrected chi connectivity index (χ4v) is 1.95. The zero-order valence-electron chi connectivity index (χ0n) is 9.98. The summed E-state index contributed by atoms with van der Waals surface area (Å²) in [6, 6.07) is 8.06. The molecule has 0 atom stereocenters. The van der Waals surface area contributed by atoms with Crippen molar-refractivity contribution in [2.45, 2.75) is 0 Å². The molecule has 5 heteroatoms. The Morgan fingerprint density at radius 3 is 2.63 bits per heavy atom. The molecule has 0 saturated heterocycles. The van der Waals surface area contributed by atoms with Gasteiger partial charge in [0.25, 0.3) is 0 Å². The summed E-state index contributed by atoms with van der Waals surface area (Å²) in [7, 11) is 1.25. The van der Waals surface area contributed by atoms with E-state index in [0.29, 0.717) is 5.56 Å². The summed E-state index contributed by atoms with van der Waals surface area (Å²) in [4.78, 5) is 11.4. The van der Waals surface area contributed by atoms with Gasteiger partial charge in [-0.25, -0.2) is 9.18 Å². The van der Waals surface area contributed by atoms with Crippen LogP contribution in [-0.4, -0.2) is 18.2 Å². The molecule has 0 aliphatic carbocycles. The fourth-order valence-electron chi connectivity index (χ4n) is 1.72. The zero-order chi connectivity index (χ0) is 14.0. The first-order valence-electron chi connectivity index (χ1n) is 5.39. The van der Waals surface area contributed by atoms with Crippen molar-refractivity contribution in [3.05, 3.63) is 52.8 Å². The highest BCUT2D eigenvalue weighted by Crippen LogP contribution is 2.30. The number of rotatable bonds is 2. The number of aromatic hydroxyl groups is 1. The van der Waals surface area contributed by atoms with Crippen molar-refractivity contribution in [3.63, 3.8) is 0 Å².